The first-order chi connectivity index (χ1) is 10.0. The van der Waals surface area contributed by atoms with Crippen molar-refractivity contribution in [2.24, 2.45) is 5.92 Å². The van der Waals surface area contributed by atoms with Crippen LogP contribution in [0.4, 0.5) is 0 Å². The van der Waals surface area contributed by atoms with Gasteiger partial charge in [-0.3, -0.25) is 9.89 Å². The summed E-state index contributed by atoms with van der Waals surface area (Å²) in [6, 6.07) is 0. The van der Waals surface area contributed by atoms with Crippen LogP contribution < -0.4 is 5.32 Å². The van der Waals surface area contributed by atoms with E-state index in [4.69, 9.17) is 0 Å². The Morgan fingerprint density at radius 1 is 1.45 bits per heavy atom. The van der Waals surface area contributed by atoms with Gasteiger partial charge >= 0.3 is 0 Å². The Hall–Kier alpha value is -0.590. The summed E-state index contributed by atoms with van der Waals surface area (Å²) >= 11 is 3.52. The summed E-state index contributed by atoms with van der Waals surface area (Å²) in [7, 11) is 1.99. The summed E-state index contributed by atoms with van der Waals surface area (Å²) < 4.78 is 0.819. The van der Waals surface area contributed by atoms with Crippen molar-refractivity contribution in [2.45, 2.75) is 39.0 Å². The van der Waals surface area contributed by atoms with Crippen LogP contribution in [-0.2, 0) is 0 Å². The van der Waals surface area contributed by atoms with Crippen LogP contribution in [0.5, 0.6) is 0 Å². The molecule has 0 bridgehead atoms. The molecule has 0 atom stereocenters. The molecule has 126 valence electrons. The Labute approximate surface area is 147 Å². The average Bonchev–Trinajstić information content (AvgIpc) is 2.87. The number of nitrogens with one attached hydrogen (secondary N) is 2. The second kappa shape index (κ2) is 8.89. The van der Waals surface area contributed by atoms with Crippen molar-refractivity contribution in [3.8, 4) is 0 Å². The number of rotatable bonds is 5. The molecular formula is C15H26BrClN4O. The Balaban J connectivity index is 0.00000242. The first kappa shape index (κ1) is 19.5. The first-order valence-corrected chi connectivity index (χ1v) is 8.51. The second-order valence-corrected chi connectivity index (χ2v) is 6.88. The van der Waals surface area contributed by atoms with Crippen LogP contribution in [0.1, 0.15) is 55.2 Å². The van der Waals surface area contributed by atoms with Crippen LogP contribution in [0.3, 0.4) is 0 Å². The molecule has 0 radical (unpaired) electrons. The highest BCUT2D eigenvalue weighted by Crippen LogP contribution is 2.28. The van der Waals surface area contributed by atoms with Gasteiger partial charge in [-0.15, -0.1) is 12.4 Å². The molecule has 0 aromatic carbocycles. The third-order valence-corrected chi connectivity index (χ3v) is 5.02. The summed E-state index contributed by atoms with van der Waals surface area (Å²) in [6.07, 6.45) is 3.38. The highest BCUT2D eigenvalue weighted by Gasteiger charge is 2.27. The molecule has 1 aromatic heterocycles. The van der Waals surface area contributed by atoms with Crippen molar-refractivity contribution in [2.75, 3.05) is 26.7 Å². The lowest BCUT2D eigenvalue weighted by atomic mass is 9.93. The largest absolute Gasteiger partial charge is 0.337 e. The average molecular weight is 394 g/mol. The minimum atomic E-state index is 0. The van der Waals surface area contributed by atoms with Gasteiger partial charge in [0, 0.05) is 13.1 Å². The van der Waals surface area contributed by atoms with E-state index in [-0.39, 0.29) is 18.3 Å². The first-order valence-electron chi connectivity index (χ1n) is 7.72. The molecule has 0 aliphatic carbocycles. The molecule has 0 spiro atoms. The molecule has 2 rings (SSSR count). The molecule has 5 nitrogen and oxygen atoms in total. The maximum absolute atomic E-state index is 12.6. The van der Waals surface area contributed by atoms with Crippen molar-refractivity contribution in [3.05, 3.63) is 15.9 Å². The van der Waals surface area contributed by atoms with Gasteiger partial charge in [0.25, 0.3) is 5.91 Å². The number of aromatic nitrogens is 2. The summed E-state index contributed by atoms with van der Waals surface area (Å²) in [5, 5.41) is 10.4. The minimum absolute atomic E-state index is 0. The van der Waals surface area contributed by atoms with Crippen molar-refractivity contribution < 1.29 is 4.79 Å². The van der Waals surface area contributed by atoms with Crippen LogP contribution in [0.25, 0.3) is 0 Å². The fraction of sp³-hybridized carbons (Fsp3) is 0.733. The van der Waals surface area contributed by atoms with Crippen molar-refractivity contribution >= 4 is 34.2 Å². The van der Waals surface area contributed by atoms with E-state index in [2.05, 4.69) is 45.3 Å². The molecule has 1 aliphatic rings. The molecule has 0 unspecified atom stereocenters. The Bertz CT molecular complexity index is 484. The monoisotopic (exact) mass is 392 g/mol. The SMILES string of the molecule is CNCCC1CCN(C(=O)c2n[nH]c(C(C)C)c2Br)CC1.Cl. The zero-order valence-electron chi connectivity index (χ0n) is 13.5. The van der Waals surface area contributed by atoms with Crippen LogP contribution in [0, 0.1) is 5.92 Å². The topological polar surface area (TPSA) is 61.0 Å². The molecule has 22 heavy (non-hydrogen) atoms. The van der Waals surface area contributed by atoms with E-state index in [1.165, 1.54) is 6.42 Å². The number of likely N-dealkylation sites (tertiary alicyclic amines) is 1. The Morgan fingerprint density at radius 3 is 2.59 bits per heavy atom. The number of aromatic amines is 1. The molecule has 2 heterocycles. The fourth-order valence-corrected chi connectivity index (χ4v) is 3.59. The van der Waals surface area contributed by atoms with Gasteiger partial charge in [0.1, 0.15) is 0 Å². The second-order valence-electron chi connectivity index (χ2n) is 6.08. The Morgan fingerprint density at radius 2 is 2.09 bits per heavy atom. The molecule has 1 aliphatic heterocycles. The van der Waals surface area contributed by atoms with E-state index >= 15 is 0 Å². The molecule has 0 saturated carbocycles. The molecule has 2 N–H and O–H groups in total. The van der Waals surface area contributed by atoms with Gasteiger partial charge in [0.2, 0.25) is 0 Å². The van der Waals surface area contributed by atoms with Crippen LogP contribution >= 0.6 is 28.3 Å². The van der Waals surface area contributed by atoms with E-state index in [0.717, 1.165) is 48.6 Å². The van der Waals surface area contributed by atoms with Crippen molar-refractivity contribution in [1.82, 2.24) is 20.4 Å². The number of halogens is 2. The number of carbonyl (C=O) groups excluding carboxylic acids is 1. The lowest BCUT2D eigenvalue weighted by molar-refractivity contribution is 0.0680. The molecule has 1 amide bonds. The van der Waals surface area contributed by atoms with E-state index in [1.54, 1.807) is 0 Å². The molecule has 1 saturated heterocycles. The van der Waals surface area contributed by atoms with Gasteiger partial charge in [-0.25, -0.2) is 0 Å². The number of piperidine rings is 1. The maximum Gasteiger partial charge on any atom is 0.275 e. The van der Waals surface area contributed by atoms with Crippen LogP contribution in [-0.4, -0.2) is 47.7 Å². The van der Waals surface area contributed by atoms with Crippen LogP contribution in [0.2, 0.25) is 0 Å². The molecule has 1 fully saturated rings. The van der Waals surface area contributed by atoms with Crippen molar-refractivity contribution in [1.29, 1.82) is 0 Å². The van der Waals surface area contributed by atoms with E-state index in [9.17, 15) is 4.79 Å². The standard InChI is InChI=1S/C15H25BrN4O.ClH/c1-10(2)13-12(16)14(19-18-13)15(21)20-8-5-11(6-9-20)4-7-17-3;/h10-11,17H,4-9H2,1-3H3,(H,18,19);1H. The summed E-state index contributed by atoms with van der Waals surface area (Å²) in [6.45, 7) is 6.90. The normalized spacial score (nSPS) is 16.0. The van der Waals surface area contributed by atoms with Gasteiger partial charge in [-0.1, -0.05) is 13.8 Å². The number of carbonyl (C=O) groups is 1. The van der Waals surface area contributed by atoms with E-state index in [1.807, 2.05) is 11.9 Å². The van der Waals surface area contributed by atoms with E-state index < -0.39 is 0 Å². The zero-order valence-corrected chi connectivity index (χ0v) is 15.9. The predicted molar refractivity (Wildman–Crippen MR) is 94.8 cm³/mol. The number of amides is 1. The number of H-pyrrole nitrogens is 1. The predicted octanol–water partition coefficient (Wildman–Crippen LogP) is 3.18. The smallest absolute Gasteiger partial charge is 0.275 e. The lowest BCUT2D eigenvalue weighted by Crippen LogP contribution is -2.39. The summed E-state index contributed by atoms with van der Waals surface area (Å²) in [5.41, 5.74) is 1.51. The van der Waals surface area contributed by atoms with Crippen LogP contribution in [0.15, 0.2) is 4.47 Å². The number of hydrogen-bond acceptors (Lipinski definition) is 3. The summed E-state index contributed by atoms with van der Waals surface area (Å²) in [4.78, 5) is 14.5. The van der Waals surface area contributed by atoms with E-state index in [0.29, 0.717) is 11.6 Å². The van der Waals surface area contributed by atoms with Gasteiger partial charge < -0.3 is 10.2 Å². The zero-order chi connectivity index (χ0) is 15.4. The fourth-order valence-electron chi connectivity index (χ4n) is 2.79. The third kappa shape index (κ3) is 4.46. The number of hydrogen-bond donors (Lipinski definition) is 2. The molecular weight excluding hydrogens is 368 g/mol. The highest BCUT2D eigenvalue weighted by atomic mass is 79.9. The minimum Gasteiger partial charge on any atom is -0.337 e. The Kier molecular flexibility index (Phi) is 7.86. The molecule has 7 heteroatoms. The summed E-state index contributed by atoms with van der Waals surface area (Å²) in [5.74, 6) is 1.09. The number of nitrogens with zero attached hydrogens (tertiary/aromatic N) is 2. The van der Waals surface area contributed by atoms with Gasteiger partial charge in [-0.2, -0.15) is 5.10 Å². The maximum atomic E-state index is 12.6. The third-order valence-electron chi connectivity index (χ3n) is 4.22. The molecule has 1 aromatic rings. The van der Waals surface area contributed by atoms with Gasteiger partial charge in [0.15, 0.2) is 5.69 Å². The van der Waals surface area contributed by atoms with Gasteiger partial charge in [-0.05, 0) is 60.6 Å². The van der Waals surface area contributed by atoms with Gasteiger partial charge in [0.05, 0.1) is 10.2 Å². The highest BCUT2D eigenvalue weighted by molar-refractivity contribution is 9.10. The quantitative estimate of drug-likeness (QED) is 0.807. The lowest BCUT2D eigenvalue weighted by Gasteiger charge is -2.31. The van der Waals surface area contributed by atoms with Crippen molar-refractivity contribution in [3.63, 3.8) is 0 Å².